The number of benzene rings is 1. The van der Waals surface area contributed by atoms with E-state index in [1.807, 2.05) is 0 Å². The van der Waals surface area contributed by atoms with E-state index in [4.69, 9.17) is 10.5 Å². The lowest BCUT2D eigenvalue weighted by Crippen LogP contribution is -2.24. The lowest BCUT2D eigenvalue weighted by Gasteiger charge is -2.28. The number of nitrogens with two attached hydrogens (primary N) is 1. The Morgan fingerprint density at radius 1 is 1.28 bits per heavy atom. The van der Waals surface area contributed by atoms with Crippen molar-refractivity contribution in [2.24, 2.45) is 11.7 Å². The van der Waals surface area contributed by atoms with Gasteiger partial charge < -0.3 is 10.5 Å². The first kappa shape index (κ1) is 15.3. The van der Waals surface area contributed by atoms with E-state index >= 15 is 0 Å². The van der Waals surface area contributed by atoms with Crippen LogP contribution in [0.5, 0.6) is 5.75 Å². The molecule has 2 nitrogen and oxygen atoms in total. The number of ether oxygens (including phenoxy) is 1. The maximum absolute atomic E-state index is 13.1. The third kappa shape index (κ3) is 3.36. The van der Waals surface area contributed by atoms with Crippen LogP contribution in [0.4, 0.5) is 4.39 Å². The Hall–Kier alpha value is -0.800. The van der Waals surface area contributed by atoms with Gasteiger partial charge in [0, 0.05) is 17.7 Å². The van der Waals surface area contributed by atoms with Crippen LogP contribution in [0.25, 0.3) is 0 Å². The maximum atomic E-state index is 13.1. The molecule has 2 rings (SSSR count). The average Bonchev–Trinajstić information content (AvgIpc) is 2.39. The fourth-order valence-electron chi connectivity index (χ4n) is 2.71. The van der Waals surface area contributed by atoms with Crippen LogP contribution in [0.2, 0.25) is 0 Å². The lowest BCUT2D eigenvalue weighted by molar-refractivity contribution is 0.300. The van der Waals surface area contributed by atoms with E-state index in [0.29, 0.717) is 11.7 Å². The van der Waals surface area contributed by atoms with Gasteiger partial charge in [-0.25, -0.2) is 4.39 Å². The Balaban J connectivity index is 0.00000162. The van der Waals surface area contributed by atoms with Crippen LogP contribution in [-0.4, -0.2) is 7.11 Å². The fraction of sp³-hybridized carbons (Fsp3) is 0.571. The highest BCUT2D eigenvalue weighted by molar-refractivity contribution is 5.85. The summed E-state index contributed by atoms with van der Waals surface area (Å²) in [7, 11) is 1.56. The summed E-state index contributed by atoms with van der Waals surface area (Å²) in [6.45, 7) is 0. The number of methoxy groups -OCH3 is 1. The van der Waals surface area contributed by atoms with Gasteiger partial charge in [-0.2, -0.15) is 0 Å². The molecule has 1 aliphatic carbocycles. The minimum atomic E-state index is -0.276. The predicted molar refractivity (Wildman–Crippen MR) is 73.7 cm³/mol. The van der Waals surface area contributed by atoms with E-state index in [2.05, 4.69) is 0 Å². The first-order chi connectivity index (χ1) is 8.22. The van der Waals surface area contributed by atoms with Crippen molar-refractivity contribution < 1.29 is 9.13 Å². The average molecular weight is 274 g/mol. The molecule has 1 saturated carbocycles. The minimum Gasteiger partial charge on any atom is -0.496 e. The molecule has 4 heteroatoms. The number of hydrogen-bond acceptors (Lipinski definition) is 2. The van der Waals surface area contributed by atoms with Crippen molar-refractivity contribution in [1.82, 2.24) is 0 Å². The summed E-state index contributed by atoms with van der Waals surface area (Å²) in [4.78, 5) is 0. The van der Waals surface area contributed by atoms with Gasteiger partial charge in [0.05, 0.1) is 7.11 Å². The van der Waals surface area contributed by atoms with Gasteiger partial charge >= 0.3 is 0 Å². The molecule has 1 atom stereocenters. The van der Waals surface area contributed by atoms with Gasteiger partial charge in [0.15, 0.2) is 0 Å². The Kier molecular flexibility index (Phi) is 5.89. The summed E-state index contributed by atoms with van der Waals surface area (Å²) in [6, 6.07) is 4.59. The quantitative estimate of drug-likeness (QED) is 0.908. The minimum absolute atomic E-state index is 0. The molecule has 1 aromatic carbocycles. The zero-order chi connectivity index (χ0) is 12.3. The third-order valence-corrected chi connectivity index (χ3v) is 3.71. The van der Waals surface area contributed by atoms with Crippen LogP contribution in [-0.2, 0) is 0 Å². The van der Waals surface area contributed by atoms with Crippen LogP contribution < -0.4 is 10.5 Å². The fourth-order valence-corrected chi connectivity index (χ4v) is 2.71. The summed E-state index contributed by atoms with van der Waals surface area (Å²) < 4.78 is 18.3. The number of hydrogen-bond donors (Lipinski definition) is 1. The highest BCUT2D eigenvalue weighted by Crippen LogP contribution is 2.36. The molecule has 2 N–H and O–H groups in total. The SMILES string of the molecule is COc1cc(F)ccc1[C@@H](N)C1CCCCC1.Cl. The Morgan fingerprint density at radius 3 is 2.56 bits per heavy atom. The number of rotatable bonds is 3. The Labute approximate surface area is 114 Å². The summed E-state index contributed by atoms with van der Waals surface area (Å²) >= 11 is 0. The Morgan fingerprint density at radius 2 is 1.94 bits per heavy atom. The second-order valence-electron chi connectivity index (χ2n) is 4.81. The van der Waals surface area contributed by atoms with E-state index in [1.165, 1.54) is 44.2 Å². The number of halogens is 2. The molecule has 0 saturated heterocycles. The molecule has 102 valence electrons. The third-order valence-electron chi connectivity index (χ3n) is 3.71. The van der Waals surface area contributed by atoms with Crippen LogP contribution in [0, 0.1) is 11.7 Å². The molecule has 0 aliphatic heterocycles. The molecule has 0 unspecified atom stereocenters. The van der Waals surface area contributed by atoms with Gasteiger partial charge in [-0.05, 0) is 24.8 Å². The predicted octanol–water partition coefficient (Wildman–Crippen LogP) is 3.84. The van der Waals surface area contributed by atoms with Crippen molar-refractivity contribution in [2.45, 2.75) is 38.1 Å². The molecule has 0 aromatic heterocycles. The largest absolute Gasteiger partial charge is 0.496 e. The normalized spacial score (nSPS) is 17.9. The summed E-state index contributed by atoms with van der Waals surface area (Å²) in [5.41, 5.74) is 7.23. The van der Waals surface area contributed by atoms with Gasteiger partial charge in [0.2, 0.25) is 0 Å². The molecule has 0 spiro atoms. The lowest BCUT2D eigenvalue weighted by atomic mass is 9.81. The van der Waals surface area contributed by atoms with Gasteiger partial charge in [0.25, 0.3) is 0 Å². The highest BCUT2D eigenvalue weighted by atomic mass is 35.5. The molecule has 1 aromatic rings. The molecule has 0 amide bonds. The first-order valence-electron chi connectivity index (χ1n) is 6.31. The van der Waals surface area contributed by atoms with Crippen molar-refractivity contribution in [3.63, 3.8) is 0 Å². The zero-order valence-electron chi connectivity index (χ0n) is 10.7. The second-order valence-corrected chi connectivity index (χ2v) is 4.81. The van der Waals surface area contributed by atoms with E-state index in [0.717, 1.165) is 5.56 Å². The second kappa shape index (κ2) is 6.95. The van der Waals surface area contributed by atoms with E-state index in [1.54, 1.807) is 13.2 Å². The molecule has 0 heterocycles. The molecular formula is C14H21ClFNO. The highest BCUT2D eigenvalue weighted by Gasteiger charge is 2.24. The first-order valence-corrected chi connectivity index (χ1v) is 6.31. The van der Waals surface area contributed by atoms with Crippen LogP contribution in [0.1, 0.15) is 43.7 Å². The molecule has 18 heavy (non-hydrogen) atoms. The summed E-state index contributed by atoms with van der Waals surface area (Å²) in [5.74, 6) is 0.799. The molecule has 0 bridgehead atoms. The maximum Gasteiger partial charge on any atom is 0.126 e. The standard InChI is InChI=1S/C14H20FNO.ClH/c1-17-13-9-11(15)7-8-12(13)14(16)10-5-3-2-4-6-10;/h7-10,14H,2-6,16H2,1H3;1H/t14-;/m0./s1. The molecular weight excluding hydrogens is 253 g/mol. The van der Waals surface area contributed by atoms with Crippen molar-refractivity contribution >= 4 is 12.4 Å². The van der Waals surface area contributed by atoms with E-state index in [-0.39, 0.29) is 24.3 Å². The van der Waals surface area contributed by atoms with Crippen molar-refractivity contribution in [2.75, 3.05) is 7.11 Å². The van der Waals surface area contributed by atoms with Crippen LogP contribution in [0.3, 0.4) is 0 Å². The summed E-state index contributed by atoms with van der Waals surface area (Å²) in [6.07, 6.45) is 6.15. The van der Waals surface area contributed by atoms with Crippen molar-refractivity contribution in [3.05, 3.63) is 29.6 Å². The van der Waals surface area contributed by atoms with Crippen LogP contribution in [0.15, 0.2) is 18.2 Å². The molecule has 0 radical (unpaired) electrons. The van der Waals surface area contributed by atoms with Gasteiger partial charge in [0.1, 0.15) is 11.6 Å². The van der Waals surface area contributed by atoms with E-state index in [9.17, 15) is 4.39 Å². The summed E-state index contributed by atoms with van der Waals surface area (Å²) in [5, 5.41) is 0. The Bertz CT molecular complexity index is 380. The van der Waals surface area contributed by atoms with Crippen molar-refractivity contribution in [1.29, 1.82) is 0 Å². The van der Waals surface area contributed by atoms with Gasteiger partial charge in [-0.1, -0.05) is 25.3 Å². The molecule has 1 aliphatic rings. The van der Waals surface area contributed by atoms with E-state index < -0.39 is 0 Å². The topological polar surface area (TPSA) is 35.2 Å². The monoisotopic (exact) mass is 273 g/mol. The van der Waals surface area contributed by atoms with Gasteiger partial charge in [-0.15, -0.1) is 12.4 Å². The smallest absolute Gasteiger partial charge is 0.126 e. The molecule has 1 fully saturated rings. The van der Waals surface area contributed by atoms with Crippen LogP contribution >= 0.6 is 12.4 Å². The zero-order valence-corrected chi connectivity index (χ0v) is 11.5. The van der Waals surface area contributed by atoms with Crippen molar-refractivity contribution in [3.8, 4) is 5.75 Å². The van der Waals surface area contributed by atoms with Gasteiger partial charge in [-0.3, -0.25) is 0 Å².